The molecule has 0 atom stereocenters. The molecule has 0 aliphatic rings. The lowest BCUT2D eigenvalue weighted by molar-refractivity contribution is 0.628. The van der Waals surface area contributed by atoms with Crippen molar-refractivity contribution in [1.82, 2.24) is 4.98 Å². The molecule has 0 spiro atoms. The summed E-state index contributed by atoms with van der Waals surface area (Å²) in [6.45, 7) is 0. The van der Waals surface area contributed by atoms with Crippen molar-refractivity contribution in [3.63, 3.8) is 0 Å². The number of hydrogen-bond acceptors (Lipinski definition) is 3. The van der Waals surface area contributed by atoms with Crippen LogP contribution in [-0.2, 0) is 6.42 Å². The van der Waals surface area contributed by atoms with Crippen LogP contribution in [0.4, 0.5) is 15.2 Å². The van der Waals surface area contributed by atoms with Crippen LogP contribution < -0.4 is 5.32 Å². The van der Waals surface area contributed by atoms with Crippen molar-refractivity contribution in [1.29, 1.82) is 0 Å². The van der Waals surface area contributed by atoms with Crippen LogP contribution in [0, 0.1) is 5.82 Å². The quantitative estimate of drug-likeness (QED) is 0.629. The SMILES string of the molecule is Fc1ccc(Nc2ncc(Cc3cc(Cl)ccc3Cl)s2)cc1. The van der Waals surface area contributed by atoms with Crippen molar-refractivity contribution in [2.24, 2.45) is 0 Å². The summed E-state index contributed by atoms with van der Waals surface area (Å²) in [6, 6.07) is 11.6. The molecule has 3 rings (SSSR count). The Labute approximate surface area is 141 Å². The Kier molecular flexibility index (Phi) is 4.62. The molecule has 22 heavy (non-hydrogen) atoms. The minimum Gasteiger partial charge on any atom is -0.332 e. The molecule has 1 N–H and O–H groups in total. The Balaban J connectivity index is 1.73. The summed E-state index contributed by atoms with van der Waals surface area (Å²) < 4.78 is 12.9. The van der Waals surface area contributed by atoms with Gasteiger partial charge in [-0.2, -0.15) is 0 Å². The Bertz CT molecular complexity index is 787. The van der Waals surface area contributed by atoms with Crippen molar-refractivity contribution >= 4 is 45.4 Å². The molecule has 0 bridgehead atoms. The third-order valence-corrected chi connectivity index (χ3v) is 4.54. The molecule has 0 aliphatic heterocycles. The maximum atomic E-state index is 12.9. The molecule has 0 amide bonds. The van der Waals surface area contributed by atoms with Crippen LogP contribution in [0.25, 0.3) is 0 Å². The Morgan fingerprint density at radius 1 is 1.09 bits per heavy atom. The average molecular weight is 353 g/mol. The smallest absolute Gasteiger partial charge is 0.187 e. The molecule has 0 fully saturated rings. The van der Waals surface area contributed by atoms with Crippen LogP contribution in [0.1, 0.15) is 10.4 Å². The van der Waals surface area contributed by atoms with Crippen molar-refractivity contribution < 1.29 is 4.39 Å². The summed E-state index contributed by atoms with van der Waals surface area (Å²) in [7, 11) is 0. The van der Waals surface area contributed by atoms with Crippen LogP contribution in [-0.4, -0.2) is 4.98 Å². The van der Waals surface area contributed by atoms with Gasteiger partial charge in [-0.25, -0.2) is 9.37 Å². The average Bonchev–Trinajstić information content (AvgIpc) is 2.93. The van der Waals surface area contributed by atoms with Crippen LogP contribution in [0.2, 0.25) is 10.0 Å². The molecule has 1 heterocycles. The van der Waals surface area contributed by atoms with E-state index in [2.05, 4.69) is 10.3 Å². The van der Waals surface area contributed by atoms with Gasteiger partial charge in [0.2, 0.25) is 0 Å². The highest BCUT2D eigenvalue weighted by atomic mass is 35.5. The fraction of sp³-hybridized carbons (Fsp3) is 0.0625. The maximum absolute atomic E-state index is 12.9. The summed E-state index contributed by atoms with van der Waals surface area (Å²) in [6.07, 6.45) is 2.47. The van der Waals surface area contributed by atoms with Gasteiger partial charge in [0, 0.05) is 33.2 Å². The van der Waals surface area contributed by atoms with Crippen molar-refractivity contribution in [2.45, 2.75) is 6.42 Å². The van der Waals surface area contributed by atoms with E-state index >= 15 is 0 Å². The highest BCUT2D eigenvalue weighted by Gasteiger charge is 2.07. The first kappa shape index (κ1) is 15.3. The van der Waals surface area contributed by atoms with E-state index in [4.69, 9.17) is 23.2 Å². The van der Waals surface area contributed by atoms with Crippen LogP contribution in [0.5, 0.6) is 0 Å². The molecule has 0 unspecified atom stereocenters. The van der Waals surface area contributed by atoms with Gasteiger partial charge in [-0.3, -0.25) is 0 Å². The molecular formula is C16H11Cl2FN2S. The lowest BCUT2D eigenvalue weighted by Gasteiger charge is -2.03. The number of nitrogens with zero attached hydrogens (tertiary/aromatic N) is 1. The van der Waals surface area contributed by atoms with Gasteiger partial charge in [-0.1, -0.05) is 23.2 Å². The number of nitrogens with one attached hydrogen (secondary N) is 1. The van der Waals surface area contributed by atoms with Crippen molar-refractivity contribution in [3.8, 4) is 0 Å². The number of benzene rings is 2. The maximum Gasteiger partial charge on any atom is 0.187 e. The lowest BCUT2D eigenvalue weighted by Crippen LogP contribution is -1.88. The zero-order chi connectivity index (χ0) is 15.5. The second kappa shape index (κ2) is 6.65. The van der Waals surface area contributed by atoms with Crippen LogP contribution >= 0.6 is 34.5 Å². The molecule has 112 valence electrons. The molecule has 2 nitrogen and oxygen atoms in total. The number of hydrogen-bond donors (Lipinski definition) is 1. The van der Waals surface area contributed by atoms with Gasteiger partial charge in [-0.05, 0) is 48.0 Å². The Morgan fingerprint density at radius 2 is 1.86 bits per heavy atom. The lowest BCUT2D eigenvalue weighted by atomic mass is 10.1. The van der Waals surface area contributed by atoms with Gasteiger partial charge >= 0.3 is 0 Å². The number of rotatable bonds is 4. The van der Waals surface area contributed by atoms with E-state index < -0.39 is 0 Å². The molecule has 0 saturated heterocycles. The highest BCUT2D eigenvalue weighted by Crippen LogP contribution is 2.28. The highest BCUT2D eigenvalue weighted by molar-refractivity contribution is 7.15. The van der Waals surface area contributed by atoms with E-state index in [9.17, 15) is 4.39 Å². The van der Waals surface area contributed by atoms with E-state index in [1.807, 2.05) is 6.07 Å². The number of thiazole rings is 1. The van der Waals surface area contributed by atoms with Gasteiger partial charge in [0.1, 0.15) is 5.82 Å². The fourth-order valence-corrected chi connectivity index (χ4v) is 3.20. The molecule has 0 aliphatic carbocycles. The molecule has 0 saturated carbocycles. The zero-order valence-electron chi connectivity index (χ0n) is 11.3. The van der Waals surface area contributed by atoms with Crippen molar-refractivity contribution in [2.75, 3.05) is 5.32 Å². The second-order valence-corrected chi connectivity index (χ2v) is 6.63. The van der Waals surface area contributed by atoms with E-state index in [0.717, 1.165) is 21.3 Å². The molecular weight excluding hydrogens is 342 g/mol. The predicted molar refractivity (Wildman–Crippen MR) is 91.1 cm³/mol. The third kappa shape index (κ3) is 3.77. The normalized spacial score (nSPS) is 10.7. The first-order chi connectivity index (χ1) is 10.6. The van der Waals surface area contributed by atoms with E-state index in [-0.39, 0.29) is 5.82 Å². The summed E-state index contributed by atoms with van der Waals surface area (Å²) >= 11 is 13.7. The Hall–Kier alpha value is -1.62. The first-order valence-corrected chi connectivity index (χ1v) is 8.08. The minimum atomic E-state index is -0.263. The van der Waals surface area contributed by atoms with Gasteiger partial charge in [0.05, 0.1) is 0 Å². The topological polar surface area (TPSA) is 24.9 Å². The predicted octanol–water partition coefficient (Wildman–Crippen LogP) is 5.92. The minimum absolute atomic E-state index is 0.263. The van der Waals surface area contributed by atoms with E-state index in [1.165, 1.54) is 23.5 Å². The standard InChI is InChI=1S/C16H11Cl2FN2S/c17-11-1-6-15(18)10(7-11)8-14-9-20-16(22-14)21-13-4-2-12(19)3-5-13/h1-7,9H,8H2,(H,20,21). The zero-order valence-corrected chi connectivity index (χ0v) is 13.6. The summed E-state index contributed by atoms with van der Waals surface area (Å²) in [5.41, 5.74) is 1.76. The fourth-order valence-electron chi connectivity index (χ4n) is 1.97. The summed E-state index contributed by atoms with van der Waals surface area (Å²) in [5, 5.41) is 5.24. The molecule has 3 aromatic rings. The second-order valence-electron chi connectivity index (χ2n) is 4.68. The Morgan fingerprint density at radius 3 is 2.64 bits per heavy atom. The monoisotopic (exact) mass is 352 g/mol. The number of halogens is 3. The third-order valence-electron chi connectivity index (χ3n) is 3.02. The largest absolute Gasteiger partial charge is 0.332 e. The van der Waals surface area contributed by atoms with Gasteiger partial charge in [0.15, 0.2) is 5.13 Å². The summed E-state index contributed by atoms with van der Waals surface area (Å²) in [5.74, 6) is -0.263. The molecule has 6 heteroatoms. The first-order valence-electron chi connectivity index (χ1n) is 6.51. The van der Waals surface area contributed by atoms with Crippen molar-refractivity contribution in [3.05, 3.63) is 75.0 Å². The van der Waals surface area contributed by atoms with E-state index in [0.29, 0.717) is 16.5 Å². The van der Waals surface area contributed by atoms with E-state index in [1.54, 1.807) is 30.5 Å². The van der Waals surface area contributed by atoms with Gasteiger partial charge in [0.25, 0.3) is 0 Å². The molecule has 0 radical (unpaired) electrons. The molecule has 1 aromatic heterocycles. The van der Waals surface area contributed by atoms with Crippen LogP contribution in [0.15, 0.2) is 48.7 Å². The van der Waals surface area contributed by atoms with Gasteiger partial charge in [-0.15, -0.1) is 11.3 Å². The number of anilines is 2. The summed E-state index contributed by atoms with van der Waals surface area (Å²) in [4.78, 5) is 5.38. The van der Waals surface area contributed by atoms with Crippen LogP contribution in [0.3, 0.4) is 0 Å². The number of aromatic nitrogens is 1. The van der Waals surface area contributed by atoms with Gasteiger partial charge < -0.3 is 5.32 Å². The molecule has 2 aromatic carbocycles.